The fourth-order valence-corrected chi connectivity index (χ4v) is 4.61. The van der Waals surface area contributed by atoms with Gasteiger partial charge in [-0.05, 0) is 53.4 Å². The quantitative estimate of drug-likeness (QED) is 0.850. The van der Waals surface area contributed by atoms with Crippen molar-refractivity contribution in [2.45, 2.75) is 45.7 Å². The van der Waals surface area contributed by atoms with E-state index in [9.17, 15) is 4.79 Å². The van der Waals surface area contributed by atoms with E-state index in [-0.39, 0.29) is 5.91 Å². The Morgan fingerprint density at radius 3 is 2.86 bits per heavy atom. The summed E-state index contributed by atoms with van der Waals surface area (Å²) in [5, 5.41) is 3.23. The summed E-state index contributed by atoms with van der Waals surface area (Å²) < 4.78 is 1.14. The van der Waals surface area contributed by atoms with Crippen molar-refractivity contribution in [3.8, 4) is 0 Å². The molecule has 2 rings (SSSR count). The molecular weight excluding hydrogens is 348 g/mol. The molecule has 1 amide bonds. The second kappa shape index (κ2) is 7.75. The van der Waals surface area contributed by atoms with Crippen molar-refractivity contribution in [2.24, 2.45) is 11.8 Å². The highest BCUT2D eigenvalue weighted by molar-refractivity contribution is 9.11. The van der Waals surface area contributed by atoms with Gasteiger partial charge in [0, 0.05) is 17.5 Å². The van der Waals surface area contributed by atoms with Crippen LogP contribution in [0, 0.1) is 11.8 Å². The van der Waals surface area contributed by atoms with E-state index in [2.05, 4.69) is 52.1 Å². The van der Waals surface area contributed by atoms with Gasteiger partial charge in [-0.1, -0.05) is 26.7 Å². The minimum absolute atomic E-state index is 0.152. The van der Waals surface area contributed by atoms with Crippen LogP contribution in [-0.2, 0) is 11.3 Å². The minimum atomic E-state index is 0.152. The van der Waals surface area contributed by atoms with Crippen molar-refractivity contribution in [1.29, 1.82) is 0 Å². The Hall–Kier alpha value is -0.390. The monoisotopic (exact) mass is 372 g/mol. The third kappa shape index (κ3) is 5.08. The number of hydrogen-bond acceptors (Lipinski definition) is 3. The molecule has 0 spiro atoms. The van der Waals surface area contributed by atoms with Crippen LogP contribution in [0.1, 0.15) is 38.0 Å². The fraction of sp³-hybridized carbons (Fsp3) is 0.688. The van der Waals surface area contributed by atoms with Crippen molar-refractivity contribution in [1.82, 2.24) is 10.2 Å². The van der Waals surface area contributed by atoms with Gasteiger partial charge >= 0.3 is 0 Å². The van der Waals surface area contributed by atoms with Gasteiger partial charge in [0.25, 0.3) is 0 Å². The van der Waals surface area contributed by atoms with Gasteiger partial charge in [-0.25, -0.2) is 0 Å². The zero-order chi connectivity index (χ0) is 15.4. The van der Waals surface area contributed by atoms with E-state index in [0.717, 1.165) is 16.8 Å². The smallest absolute Gasteiger partial charge is 0.234 e. The number of hydrogen-bond donors (Lipinski definition) is 1. The van der Waals surface area contributed by atoms with E-state index in [1.165, 1.54) is 17.7 Å². The molecule has 0 aromatic carbocycles. The number of halogens is 1. The third-order valence-corrected chi connectivity index (χ3v) is 6.13. The highest BCUT2D eigenvalue weighted by atomic mass is 79.9. The highest BCUT2D eigenvalue weighted by Gasteiger charge is 2.28. The molecule has 1 N–H and O–H groups in total. The molecule has 0 bridgehead atoms. The van der Waals surface area contributed by atoms with E-state index in [1.54, 1.807) is 11.3 Å². The van der Waals surface area contributed by atoms with Crippen LogP contribution in [0.25, 0.3) is 0 Å². The van der Waals surface area contributed by atoms with Crippen LogP contribution in [0.5, 0.6) is 0 Å². The van der Waals surface area contributed by atoms with Crippen molar-refractivity contribution in [3.05, 3.63) is 20.8 Å². The zero-order valence-corrected chi connectivity index (χ0v) is 15.5. The molecule has 1 aromatic heterocycles. The van der Waals surface area contributed by atoms with Crippen molar-refractivity contribution in [2.75, 3.05) is 13.6 Å². The molecule has 1 saturated carbocycles. The Bertz CT molecular complexity index is 477. The maximum Gasteiger partial charge on any atom is 0.234 e. The molecule has 1 aliphatic carbocycles. The number of nitrogens with one attached hydrogen (secondary N) is 1. The lowest BCUT2D eigenvalue weighted by molar-refractivity contribution is -0.123. The summed E-state index contributed by atoms with van der Waals surface area (Å²) >= 11 is 5.19. The molecule has 0 aliphatic heterocycles. The number of amides is 1. The summed E-state index contributed by atoms with van der Waals surface area (Å²) in [7, 11) is 2.00. The molecule has 118 valence electrons. The first-order valence-corrected chi connectivity index (χ1v) is 9.28. The number of nitrogens with zero attached hydrogens (tertiary/aromatic N) is 1. The van der Waals surface area contributed by atoms with E-state index >= 15 is 0 Å². The molecule has 1 fully saturated rings. The lowest BCUT2D eigenvalue weighted by atomic mass is 9.78. The van der Waals surface area contributed by atoms with Gasteiger partial charge in [-0.15, -0.1) is 11.3 Å². The molecule has 1 heterocycles. The number of thiophene rings is 1. The Labute approximate surface area is 140 Å². The average molecular weight is 373 g/mol. The summed E-state index contributed by atoms with van der Waals surface area (Å²) in [6.45, 7) is 5.85. The van der Waals surface area contributed by atoms with E-state index in [0.29, 0.717) is 24.4 Å². The standard InChI is InChI=1S/C16H25BrN2OS/c1-11-5-4-6-14(12(11)2)18-16(20)10-19(3)9-13-7-8-15(17)21-13/h7-8,11-12,14H,4-6,9-10H2,1-3H3,(H,18,20). The van der Waals surface area contributed by atoms with Crippen molar-refractivity contribution in [3.63, 3.8) is 0 Å². The van der Waals surface area contributed by atoms with Crippen LogP contribution in [-0.4, -0.2) is 30.4 Å². The van der Waals surface area contributed by atoms with E-state index < -0.39 is 0 Å². The summed E-state index contributed by atoms with van der Waals surface area (Å²) in [6, 6.07) is 4.51. The first kappa shape index (κ1) is 17.0. The lowest BCUT2D eigenvalue weighted by Gasteiger charge is -2.34. The Morgan fingerprint density at radius 2 is 2.19 bits per heavy atom. The topological polar surface area (TPSA) is 32.3 Å². The second-order valence-corrected chi connectivity index (χ2v) is 8.87. The number of carbonyl (C=O) groups excluding carboxylic acids is 1. The van der Waals surface area contributed by atoms with Gasteiger partial charge in [0.1, 0.15) is 0 Å². The van der Waals surface area contributed by atoms with Crippen LogP contribution in [0.2, 0.25) is 0 Å². The van der Waals surface area contributed by atoms with Crippen molar-refractivity contribution < 1.29 is 4.79 Å². The van der Waals surface area contributed by atoms with Gasteiger partial charge in [-0.2, -0.15) is 0 Å². The van der Waals surface area contributed by atoms with Crippen LogP contribution in [0.15, 0.2) is 15.9 Å². The molecule has 0 radical (unpaired) electrons. The number of rotatable bonds is 5. The fourth-order valence-electron chi connectivity index (χ4n) is 3.04. The molecule has 21 heavy (non-hydrogen) atoms. The predicted molar refractivity (Wildman–Crippen MR) is 92.5 cm³/mol. The van der Waals surface area contributed by atoms with Crippen LogP contribution >= 0.6 is 27.3 Å². The van der Waals surface area contributed by atoms with Gasteiger partial charge in [-0.3, -0.25) is 9.69 Å². The lowest BCUT2D eigenvalue weighted by Crippen LogP contribution is -2.46. The maximum absolute atomic E-state index is 12.2. The molecule has 1 aromatic rings. The summed E-state index contributed by atoms with van der Waals surface area (Å²) in [5.41, 5.74) is 0. The first-order chi connectivity index (χ1) is 9.95. The highest BCUT2D eigenvalue weighted by Crippen LogP contribution is 2.29. The van der Waals surface area contributed by atoms with E-state index in [4.69, 9.17) is 0 Å². The third-order valence-electron chi connectivity index (χ3n) is 4.52. The number of carbonyl (C=O) groups is 1. The normalized spacial score (nSPS) is 26.0. The average Bonchev–Trinajstić information content (AvgIpc) is 2.80. The van der Waals surface area contributed by atoms with Gasteiger partial charge in [0.05, 0.1) is 10.3 Å². The number of likely N-dealkylation sites (N-methyl/N-ethyl adjacent to an activating group) is 1. The summed E-state index contributed by atoms with van der Waals surface area (Å²) in [4.78, 5) is 15.6. The molecule has 3 nitrogen and oxygen atoms in total. The molecule has 5 heteroatoms. The van der Waals surface area contributed by atoms with Crippen LogP contribution in [0.3, 0.4) is 0 Å². The molecule has 3 unspecified atom stereocenters. The Kier molecular flexibility index (Phi) is 6.26. The van der Waals surface area contributed by atoms with Crippen LogP contribution < -0.4 is 5.32 Å². The molecule has 1 aliphatic rings. The van der Waals surface area contributed by atoms with E-state index in [1.807, 2.05) is 7.05 Å². The van der Waals surface area contributed by atoms with Crippen molar-refractivity contribution >= 4 is 33.2 Å². The molecule has 3 atom stereocenters. The second-order valence-electron chi connectivity index (χ2n) is 6.32. The Balaban J connectivity index is 1.78. The van der Waals surface area contributed by atoms with Gasteiger partial charge in [0.15, 0.2) is 0 Å². The first-order valence-electron chi connectivity index (χ1n) is 7.68. The summed E-state index contributed by atoms with van der Waals surface area (Å²) in [5.74, 6) is 1.45. The SMILES string of the molecule is CC1CCCC(NC(=O)CN(C)Cc2ccc(Br)s2)C1C. The molecule has 0 saturated heterocycles. The van der Waals surface area contributed by atoms with Gasteiger partial charge in [0.2, 0.25) is 5.91 Å². The maximum atomic E-state index is 12.2. The van der Waals surface area contributed by atoms with Gasteiger partial charge < -0.3 is 5.32 Å². The summed E-state index contributed by atoms with van der Waals surface area (Å²) in [6.07, 6.45) is 3.65. The zero-order valence-electron chi connectivity index (χ0n) is 13.1. The largest absolute Gasteiger partial charge is 0.352 e. The minimum Gasteiger partial charge on any atom is -0.352 e. The predicted octanol–water partition coefficient (Wildman–Crippen LogP) is 3.88. The molecular formula is C16H25BrN2OS. The Morgan fingerprint density at radius 1 is 1.43 bits per heavy atom. The van der Waals surface area contributed by atoms with Crippen LogP contribution in [0.4, 0.5) is 0 Å².